The maximum Gasteiger partial charge on any atom is 0.270 e. The molecule has 1 aliphatic rings. The van der Waals surface area contributed by atoms with Crippen LogP contribution < -0.4 is 10.3 Å². The molecule has 0 radical (unpaired) electrons. The number of carbonyl (C=O) groups excluding carboxylic acids is 3. The molecule has 0 atom stereocenters. The number of likely N-dealkylation sites (N-methyl/N-ethyl adjacent to an activating group) is 1. The van der Waals surface area contributed by atoms with Crippen LogP contribution in [0.3, 0.4) is 0 Å². The highest BCUT2D eigenvalue weighted by atomic mass is 16.2. The van der Waals surface area contributed by atoms with Crippen molar-refractivity contribution in [2.24, 2.45) is 5.10 Å². The van der Waals surface area contributed by atoms with Crippen LogP contribution in [0.4, 0.5) is 11.4 Å². The first-order chi connectivity index (χ1) is 15.1. The molecule has 168 valence electrons. The van der Waals surface area contributed by atoms with E-state index in [1.54, 1.807) is 7.05 Å². The molecular weight excluding hydrogens is 404 g/mol. The standard InChI is InChI=1S/C25H30N4O3/c1-15-7-8-17(3)21(13-15)29-23(31)10-9-20(27-29)25(32)28(6)14-22(30)26-24-18(4)11-16(2)12-19(24)5/h7-8,11-13H,9-10,14H2,1-6H3,(H,26,30). The largest absolute Gasteiger partial charge is 0.331 e. The molecule has 1 aliphatic heterocycles. The SMILES string of the molecule is Cc1cc(C)c(NC(=O)CN(C)C(=O)C2=NN(c3cc(C)ccc3C)C(=O)CC2)c(C)c1. The number of nitrogens with one attached hydrogen (secondary N) is 1. The van der Waals surface area contributed by atoms with Crippen LogP contribution >= 0.6 is 0 Å². The molecule has 0 fully saturated rings. The molecule has 0 aliphatic carbocycles. The predicted octanol–water partition coefficient (Wildman–Crippen LogP) is 3.81. The Morgan fingerprint density at radius 1 is 0.969 bits per heavy atom. The van der Waals surface area contributed by atoms with E-state index >= 15 is 0 Å². The van der Waals surface area contributed by atoms with E-state index in [0.717, 1.165) is 33.5 Å². The minimum Gasteiger partial charge on any atom is -0.331 e. The number of rotatable bonds is 5. The monoisotopic (exact) mass is 434 g/mol. The molecule has 0 unspecified atom stereocenters. The molecule has 2 aromatic carbocycles. The third-order valence-electron chi connectivity index (χ3n) is 5.54. The number of hydrogen-bond acceptors (Lipinski definition) is 4. The Kier molecular flexibility index (Phi) is 6.77. The van der Waals surface area contributed by atoms with Crippen LogP contribution in [0.5, 0.6) is 0 Å². The van der Waals surface area contributed by atoms with E-state index in [9.17, 15) is 14.4 Å². The Morgan fingerprint density at radius 2 is 1.62 bits per heavy atom. The van der Waals surface area contributed by atoms with Gasteiger partial charge < -0.3 is 10.2 Å². The van der Waals surface area contributed by atoms with Crippen LogP contribution in [0.25, 0.3) is 0 Å². The van der Waals surface area contributed by atoms with Crippen molar-refractivity contribution in [3.05, 3.63) is 58.1 Å². The van der Waals surface area contributed by atoms with Gasteiger partial charge in [0.2, 0.25) is 11.8 Å². The highest BCUT2D eigenvalue weighted by Gasteiger charge is 2.28. The van der Waals surface area contributed by atoms with Gasteiger partial charge in [-0.05, 0) is 62.9 Å². The summed E-state index contributed by atoms with van der Waals surface area (Å²) in [4.78, 5) is 39.4. The minimum absolute atomic E-state index is 0.109. The van der Waals surface area contributed by atoms with Crippen LogP contribution in [0.15, 0.2) is 35.4 Å². The topological polar surface area (TPSA) is 82.1 Å². The van der Waals surface area contributed by atoms with E-state index < -0.39 is 0 Å². The summed E-state index contributed by atoms with van der Waals surface area (Å²) >= 11 is 0. The molecule has 1 heterocycles. The van der Waals surface area contributed by atoms with Gasteiger partial charge in [-0.25, -0.2) is 5.01 Å². The van der Waals surface area contributed by atoms with Gasteiger partial charge in [-0.15, -0.1) is 0 Å². The predicted molar refractivity (Wildman–Crippen MR) is 127 cm³/mol. The lowest BCUT2D eigenvalue weighted by Gasteiger charge is -2.26. The molecule has 0 bridgehead atoms. The highest BCUT2D eigenvalue weighted by Crippen LogP contribution is 2.26. The first kappa shape index (κ1) is 23.2. The summed E-state index contributed by atoms with van der Waals surface area (Å²) < 4.78 is 0. The van der Waals surface area contributed by atoms with Gasteiger partial charge in [-0.1, -0.05) is 29.8 Å². The van der Waals surface area contributed by atoms with Crippen LogP contribution in [0.2, 0.25) is 0 Å². The number of benzene rings is 2. The molecule has 32 heavy (non-hydrogen) atoms. The van der Waals surface area contributed by atoms with Crippen molar-refractivity contribution in [2.45, 2.75) is 47.5 Å². The zero-order valence-electron chi connectivity index (χ0n) is 19.6. The Hall–Kier alpha value is -3.48. The Labute approximate surface area is 189 Å². The van der Waals surface area contributed by atoms with Gasteiger partial charge >= 0.3 is 0 Å². The first-order valence-corrected chi connectivity index (χ1v) is 10.7. The maximum atomic E-state index is 13.0. The lowest BCUT2D eigenvalue weighted by molar-refractivity contribution is -0.128. The molecular formula is C25H30N4O3. The van der Waals surface area contributed by atoms with Crippen LogP contribution in [-0.4, -0.2) is 41.9 Å². The van der Waals surface area contributed by atoms with Crippen LogP contribution in [0, 0.1) is 34.6 Å². The second-order valence-electron chi connectivity index (χ2n) is 8.53. The molecule has 0 saturated carbocycles. The summed E-state index contributed by atoms with van der Waals surface area (Å²) in [5, 5.41) is 8.59. The molecule has 1 N–H and O–H groups in total. The van der Waals surface area contributed by atoms with E-state index in [0.29, 0.717) is 5.69 Å². The van der Waals surface area contributed by atoms with E-state index in [-0.39, 0.29) is 42.8 Å². The quantitative estimate of drug-likeness (QED) is 0.777. The molecule has 7 heteroatoms. The summed E-state index contributed by atoms with van der Waals surface area (Å²) in [7, 11) is 1.57. The Morgan fingerprint density at radius 3 is 2.28 bits per heavy atom. The second kappa shape index (κ2) is 9.34. The van der Waals surface area contributed by atoms with Crippen molar-refractivity contribution in [1.29, 1.82) is 0 Å². The average Bonchev–Trinajstić information content (AvgIpc) is 2.72. The van der Waals surface area contributed by atoms with Crippen molar-refractivity contribution in [3.63, 3.8) is 0 Å². The van der Waals surface area contributed by atoms with E-state index in [1.165, 1.54) is 9.91 Å². The van der Waals surface area contributed by atoms with Crippen molar-refractivity contribution >= 4 is 34.8 Å². The van der Waals surface area contributed by atoms with Crippen molar-refractivity contribution in [1.82, 2.24) is 4.90 Å². The fourth-order valence-electron chi connectivity index (χ4n) is 3.91. The van der Waals surface area contributed by atoms with Crippen LogP contribution in [0.1, 0.15) is 40.7 Å². The van der Waals surface area contributed by atoms with Gasteiger partial charge in [-0.2, -0.15) is 5.10 Å². The number of hydrazone groups is 1. The number of aryl methyl sites for hydroxylation is 5. The van der Waals surface area contributed by atoms with Crippen molar-refractivity contribution in [3.8, 4) is 0 Å². The van der Waals surface area contributed by atoms with E-state index in [1.807, 2.05) is 65.0 Å². The van der Waals surface area contributed by atoms with Gasteiger partial charge in [0.25, 0.3) is 5.91 Å². The molecule has 3 amide bonds. The fraction of sp³-hybridized carbons (Fsp3) is 0.360. The number of carbonyl (C=O) groups is 3. The van der Waals surface area contributed by atoms with E-state index in [4.69, 9.17) is 0 Å². The zero-order valence-corrected chi connectivity index (χ0v) is 19.6. The molecule has 0 aromatic heterocycles. The fourth-order valence-corrected chi connectivity index (χ4v) is 3.91. The highest BCUT2D eigenvalue weighted by molar-refractivity contribution is 6.40. The number of nitrogens with zero attached hydrogens (tertiary/aromatic N) is 3. The number of anilines is 2. The zero-order chi connectivity index (χ0) is 23.6. The molecule has 0 spiro atoms. The van der Waals surface area contributed by atoms with Gasteiger partial charge in [0.05, 0.1) is 12.2 Å². The molecule has 3 rings (SSSR count). The number of amides is 3. The molecule has 0 saturated heterocycles. The Bertz CT molecular complexity index is 1100. The van der Waals surface area contributed by atoms with Crippen molar-refractivity contribution in [2.75, 3.05) is 23.9 Å². The minimum atomic E-state index is -0.361. The summed E-state index contributed by atoms with van der Waals surface area (Å²) in [6, 6.07) is 9.79. The molecule has 2 aromatic rings. The third kappa shape index (κ3) is 5.04. The number of hydrogen-bond donors (Lipinski definition) is 1. The van der Waals surface area contributed by atoms with Gasteiger partial charge in [0.15, 0.2) is 0 Å². The summed E-state index contributed by atoms with van der Waals surface area (Å²) in [6.45, 7) is 9.63. The van der Waals surface area contributed by atoms with Crippen LogP contribution in [-0.2, 0) is 14.4 Å². The average molecular weight is 435 g/mol. The first-order valence-electron chi connectivity index (χ1n) is 10.7. The van der Waals surface area contributed by atoms with Gasteiger partial charge in [0, 0.05) is 25.6 Å². The maximum absolute atomic E-state index is 13.0. The van der Waals surface area contributed by atoms with Gasteiger partial charge in [0.1, 0.15) is 5.71 Å². The van der Waals surface area contributed by atoms with Crippen molar-refractivity contribution < 1.29 is 14.4 Å². The van der Waals surface area contributed by atoms with Gasteiger partial charge in [-0.3, -0.25) is 14.4 Å². The second-order valence-corrected chi connectivity index (χ2v) is 8.53. The Balaban J connectivity index is 1.74. The summed E-state index contributed by atoms with van der Waals surface area (Å²) in [5.41, 5.74) is 6.69. The summed E-state index contributed by atoms with van der Waals surface area (Å²) in [5.74, 6) is -0.795. The summed E-state index contributed by atoms with van der Waals surface area (Å²) in [6.07, 6.45) is 0.445. The third-order valence-corrected chi connectivity index (χ3v) is 5.54. The lowest BCUT2D eigenvalue weighted by Crippen LogP contribution is -2.42. The normalized spacial score (nSPS) is 13.6. The molecule has 7 nitrogen and oxygen atoms in total. The lowest BCUT2D eigenvalue weighted by atomic mass is 10.1. The van der Waals surface area contributed by atoms with E-state index in [2.05, 4.69) is 10.4 Å². The smallest absolute Gasteiger partial charge is 0.270 e.